The highest BCUT2D eigenvalue weighted by molar-refractivity contribution is 5.64. The summed E-state index contributed by atoms with van der Waals surface area (Å²) < 4.78 is 0. The number of nitrogens with one attached hydrogen (secondary N) is 1. The average Bonchev–Trinajstić information content (AvgIpc) is 2.37. The lowest BCUT2D eigenvalue weighted by molar-refractivity contribution is 0.186. The number of aliphatic hydroxyl groups excluding tert-OH is 2. The minimum Gasteiger partial charge on any atom is -0.396 e. The molecule has 1 unspecified atom stereocenters. The molecule has 0 saturated heterocycles. The molecule has 1 atom stereocenters. The Hall–Kier alpha value is -1.93. The Morgan fingerprint density at radius 3 is 2.79 bits per heavy atom. The minimum absolute atomic E-state index is 0.0121. The van der Waals surface area contributed by atoms with Crippen molar-refractivity contribution in [3.8, 4) is 0 Å². The largest absolute Gasteiger partial charge is 0.396 e. The second-order valence-corrected chi connectivity index (χ2v) is 4.22. The number of aromatic nitrogens is 2. The first-order chi connectivity index (χ1) is 9.03. The van der Waals surface area contributed by atoms with Gasteiger partial charge in [0.05, 0.1) is 0 Å². The van der Waals surface area contributed by atoms with E-state index in [0.29, 0.717) is 18.8 Å². The molecular formula is C11H19N5O3. The van der Waals surface area contributed by atoms with Gasteiger partial charge in [0.1, 0.15) is 0 Å². The normalized spacial score (nSPS) is 12.2. The average molecular weight is 269 g/mol. The highest BCUT2D eigenvalue weighted by Crippen LogP contribution is 2.22. The maximum absolute atomic E-state index is 11.7. The summed E-state index contributed by atoms with van der Waals surface area (Å²) in [6.45, 7) is 3.66. The van der Waals surface area contributed by atoms with E-state index in [-0.39, 0.29) is 30.8 Å². The molecule has 19 heavy (non-hydrogen) atoms. The van der Waals surface area contributed by atoms with Crippen LogP contribution in [0.15, 0.2) is 9.79 Å². The third kappa shape index (κ3) is 3.76. The monoisotopic (exact) mass is 269 g/mol. The molecule has 1 aromatic rings. The van der Waals surface area contributed by atoms with Crippen LogP contribution >= 0.6 is 0 Å². The van der Waals surface area contributed by atoms with Gasteiger partial charge in [0.25, 0.3) is 5.56 Å². The number of hydrogen-bond acceptors (Lipinski definition) is 7. The number of rotatable bonds is 7. The summed E-state index contributed by atoms with van der Waals surface area (Å²) in [6, 6.07) is 0. The van der Waals surface area contributed by atoms with Crippen molar-refractivity contribution in [2.24, 2.45) is 10.9 Å². The second kappa shape index (κ2) is 6.86. The van der Waals surface area contributed by atoms with Gasteiger partial charge in [0, 0.05) is 32.7 Å². The van der Waals surface area contributed by atoms with Crippen LogP contribution in [0.4, 0.5) is 17.5 Å². The van der Waals surface area contributed by atoms with Crippen molar-refractivity contribution >= 4 is 24.2 Å². The fourth-order valence-corrected chi connectivity index (χ4v) is 1.78. The third-order valence-corrected chi connectivity index (χ3v) is 2.74. The lowest BCUT2D eigenvalue weighted by atomic mass is 10.1. The molecule has 0 fully saturated rings. The summed E-state index contributed by atoms with van der Waals surface area (Å²) in [6.07, 6.45) is 0.455. The van der Waals surface area contributed by atoms with Gasteiger partial charge in [0.2, 0.25) is 5.95 Å². The van der Waals surface area contributed by atoms with Crippen LogP contribution < -0.4 is 16.2 Å². The van der Waals surface area contributed by atoms with E-state index in [0.717, 1.165) is 0 Å². The van der Waals surface area contributed by atoms with Crippen LogP contribution in [0, 0.1) is 5.92 Å². The van der Waals surface area contributed by atoms with Crippen molar-refractivity contribution in [1.29, 1.82) is 0 Å². The lowest BCUT2D eigenvalue weighted by Gasteiger charge is -2.24. The van der Waals surface area contributed by atoms with E-state index >= 15 is 0 Å². The third-order valence-electron chi connectivity index (χ3n) is 2.74. The predicted octanol–water partition coefficient (Wildman–Crippen LogP) is -0.889. The zero-order valence-corrected chi connectivity index (χ0v) is 10.8. The summed E-state index contributed by atoms with van der Waals surface area (Å²) in [5, 5.41) is 18.1. The molecule has 8 heteroatoms. The number of nitrogens with zero attached hydrogens (tertiary/aromatic N) is 3. The molecule has 0 aliphatic rings. The highest BCUT2D eigenvalue weighted by Gasteiger charge is 2.17. The zero-order chi connectivity index (χ0) is 14.4. The van der Waals surface area contributed by atoms with Gasteiger partial charge >= 0.3 is 0 Å². The van der Waals surface area contributed by atoms with Gasteiger partial charge in [-0.25, -0.2) is 0 Å². The Labute approximate surface area is 110 Å². The molecule has 0 amide bonds. The molecule has 0 saturated carbocycles. The number of aliphatic imine (C=N–C) groups is 1. The van der Waals surface area contributed by atoms with Crippen LogP contribution in [-0.2, 0) is 0 Å². The molecule has 5 N–H and O–H groups in total. The highest BCUT2D eigenvalue weighted by atomic mass is 16.3. The Balaban J connectivity index is 3.01. The summed E-state index contributed by atoms with van der Waals surface area (Å²) >= 11 is 0. The van der Waals surface area contributed by atoms with Crippen molar-refractivity contribution in [2.75, 3.05) is 37.4 Å². The molecule has 0 bridgehead atoms. The standard InChI is InChI=1S/C11H19N5O3/c1-13-8-9(14-11(12)15-10(8)19)16(2)5-7(6-18)3-4-17/h7,17-18H,1,3-6H2,2H3,(H3,12,14,15,19). The van der Waals surface area contributed by atoms with Crippen molar-refractivity contribution < 1.29 is 10.2 Å². The van der Waals surface area contributed by atoms with Gasteiger partial charge < -0.3 is 20.8 Å². The van der Waals surface area contributed by atoms with Crippen LogP contribution in [0.2, 0.25) is 0 Å². The van der Waals surface area contributed by atoms with Crippen molar-refractivity contribution in [3.63, 3.8) is 0 Å². The smallest absolute Gasteiger partial charge is 0.280 e. The molecule has 0 spiro atoms. The topological polar surface area (TPSA) is 128 Å². The van der Waals surface area contributed by atoms with Crippen molar-refractivity contribution in [1.82, 2.24) is 9.97 Å². The lowest BCUT2D eigenvalue weighted by Crippen LogP contribution is -2.30. The zero-order valence-electron chi connectivity index (χ0n) is 10.8. The predicted molar refractivity (Wildman–Crippen MR) is 74.0 cm³/mol. The number of aromatic amines is 1. The first-order valence-corrected chi connectivity index (χ1v) is 5.82. The molecule has 8 nitrogen and oxygen atoms in total. The number of nitrogens with two attached hydrogens (primary N) is 1. The van der Waals surface area contributed by atoms with Crippen molar-refractivity contribution in [3.05, 3.63) is 10.4 Å². The van der Waals surface area contributed by atoms with Gasteiger partial charge in [-0.2, -0.15) is 4.98 Å². The summed E-state index contributed by atoms with van der Waals surface area (Å²) in [5.74, 6) is 0.157. The van der Waals surface area contributed by atoms with E-state index in [1.54, 1.807) is 11.9 Å². The Morgan fingerprint density at radius 1 is 1.58 bits per heavy atom. The summed E-state index contributed by atoms with van der Waals surface area (Å²) in [7, 11) is 1.70. The van der Waals surface area contributed by atoms with E-state index in [9.17, 15) is 9.90 Å². The molecule has 0 aliphatic carbocycles. The molecule has 1 heterocycles. The first kappa shape index (κ1) is 15.1. The molecule has 0 aliphatic heterocycles. The number of H-pyrrole nitrogens is 1. The minimum atomic E-state index is -0.466. The number of anilines is 2. The van der Waals surface area contributed by atoms with E-state index < -0.39 is 5.56 Å². The van der Waals surface area contributed by atoms with Crippen LogP contribution in [0.1, 0.15) is 6.42 Å². The molecule has 106 valence electrons. The summed E-state index contributed by atoms with van der Waals surface area (Å²) in [5.41, 5.74) is 5.11. The molecular weight excluding hydrogens is 250 g/mol. The molecule has 1 rings (SSSR count). The fourth-order valence-electron chi connectivity index (χ4n) is 1.78. The van der Waals surface area contributed by atoms with Gasteiger partial charge in [-0.3, -0.25) is 14.8 Å². The van der Waals surface area contributed by atoms with Gasteiger partial charge in [0.15, 0.2) is 11.5 Å². The van der Waals surface area contributed by atoms with E-state index in [4.69, 9.17) is 10.8 Å². The van der Waals surface area contributed by atoms with Crippen LogP contribution in [0.25, 0.3) is 0 Å². The maximum atomic E-state index is 11.7. The van der Waals surface area contributed by atoms with Crippen molar-refractivity contribution in [2.45, 2.75) is 6.42 Å². The first-order valence-electron chi connectivity index (χ1n) is 5.82. The molecule has 0 aromatic carbocycles. The van der Waals surface area contributed by atoms with E-state index in [2.05, 4.69) is 21.7 Å². The van der Waals surface area contributed by atoms with Gasteiger partial charge in [-0.1, -0.05) is 0 Å². The quantitative estimate of drug-likeness (QED) is 0.475. The van der Waals surface area contributed by atoms with Crippen LogP contribution in [0.3, 0.4) is 0 Å². The summed E-state index contributed by atoms with van der Waals surface area (Å²) in [4.78, 5) is 23.3. The second-order valence-electron chi connectivity index (χ2n) is 4.22. The van der Waals surface area contributed by atoms with Crippen LogP contribution in [0.5, 0.6) is 0 Å². The SMILES string of the molecule is C=Nc1c(N(C)CC(CO)CCO)nc(N)[nH]c1=O. The number of nitrogen functional groups attached to an aromatic ring is 1. The molecule has 1 aromatic heterocycles. The van der Waals surface area contributed by atoms with Crippen LogP contribution in [-0.4, -0.2) is 53.7 Å². The Bertz CT molecular complexity index is 488. The Kier molecular flexibility index (Phi) is 5.46. The molecule has 0 radical (unpaired) electrons. The van der Waals surface area contributed by atoms with E-state index in [1.165, 1.54) is 0 Å². The van der Waals surface area contributed by atoms with Gasteiger partial charge in [-0.15, -0.1) is 0 Å². The Morgan fingerprint density at radius 2 is 2.26 bits per heavy atom. The number of aliphatic hydroxyl groups is 2. The number of hydrogen-bond donors (Lipinski definition) is 4. The fraction of sp³-hybridized carbons (Fsp3) is 0.545. The van der Waals surface area contributed by atoms with E-state index in [1.807, 2.05) is 0 Å². The maximum Gasteiger partial charge on any atom is 0.280 e. The van der Waals surface area contributed by atoms with Gasteiger partial charge in [-0.05, 0) is 13.1 Å².